The van der Waals surface area contributed by atoms with E-state index in [4.69, 9.17) is 9.16 Å². The van der Waals surface area contributed by atoms with Crippen molar-refractivity contribution in [1.29, 1.82) is 0 Å². The molecule has 9 nitrogen and oxygen atoms in total. The fourth-order valence-corrected chi connectivity index (χ4v) is 5.05. The number of rotatable bonds is 13. The smallest absolute Gasteiger partial charge is 0.271 e. The molecular weight excluding hydrogens is 548 g/mol. The summed E-state index contributed by atoms with van der Waals surface area (Å²) in [5, 5.41) is 11.5. The lowest BCUT2D eigenvalue weighted by atomic mass is 9.94. The van der Waals surface area contributed by atoms with Gasteiger partial charge in [0, 0.05) is 18.3 Å². The van der Waals surface area contributed by atoms with E-state index < -0.39 is 43.2 Å². The van der Waals surface area contributed by atoms with E-state index >= 15 is 0 Å². The molecule has 0 fully saturated rings. The highest BCUT2D eigenvalue weighted by Gasteiger charge is 2.37. The average molecular weight is 590 g/mol. The van der Waals surface area contributed by atoms with Gasteiger partial charge in [-0.3, -0.25) is 14.3 Å². The van der Waals surface area contributed by atoms with Crippen LogP contribution in [0.15, 0.2) is 47.5 Å². The van der Waals surface area contributed by atoms with Gasteiger partial charge in [0.1, 0.15) is 6.04 Å². The van der Waals surface area contributed by atoms with Crippen LogP contribution in [0.3, 0.4) is 0 Å². The molecule has 1 N–H and O–H groups in total. The lowest BCUT2D eigenvalue weighted by molar-refractivity contribution is -0.120. The van der Waals surface area contributed by atoms with Crippen LogP contribution in [0.5, 0.6) is 11.5 Å². The minimum atomic E-state index is -1.89. The predicted octanol–water partition coefficient (Wildman–Crippen LogP) is 6.54. The highest BCUT2D eigenvalue weighted by molar-refractivity contribution is 6.74. The number of anilines is 1. The van der Waals surface area contributed by atoms with Crippen molar-refractivity contribution in [2.24, 2.45) is 5.92 Å². The lowest BCUT2D eigenvalue weighted by Crippen LogP contribution is -2.41. The first-order valence-electron chi connectivity index (χ1n) is 13.9. The van der Waals surface area contributed by atoms with Crippen molar-refractivity contribution in [1.82, 2.24) is 19.6 Å². The molecule has 1 amide bonds. The lowest BCUT2D eigenvalue weighted by Gasteiger charge is -2.36. The Morgan fingerprint density at radius 1 is 1.12 bits per heavy atom. The van der Waals surface area contributed by atoms with Gasteiger partial charge in [-0.05, 0) is 42.6 Å². The van der Waals surface area contributed by atoms with Gasteiger partial charge in [-0.15, -0.1) is 0 Å². The molecule has 224 valence electrons. The number of ether oxygens (including phenoxy) is 1. The van der Waals surface area contributed by atoms with E-state index in [2.05, 4.69) is 49.4 Å². The summed E-state index contributed by atoms with van der Waals surface area (Å²) in [6, 6.07) is 5.12. The van der Waals surface area contributed by atoms with Crippen molar-refractivity contribution in [2.75, 3.05) is 11.9 Å². The van der Waals surface area contributed by atoms with Crippen LogP contribution in [-0.2, 0) is 15.8 Å². The Balaban J connectivity index is 1.76. The number of halogens is 2. The number of carbonyl (C=O) groups excluding carboxylic acids is 1. The molecule has 0 saturated heterocycles. The van der Waals surface area contributed by atoms with E-state index in [0.29, 0.717) is 25.4 Å². The molecule has 1 atom stereocenters. The first kappa shape index (κ1) is 32.1. The third kappa shape index (κ3) is 8.32. The number of hydrogen-bond donors (Lipinski definition) is 1. The quantitative estimate of drug-likeness (QED) is 0.227. The Labute approximate surface area is 241 Å². The first-order chi connectivity index (χ1) is 19.3. The normalized spacial score (nSPS) is 12.9. The zero-order chi connectivity index (χ0) is 30.4. The minimum Gasteiger partial charge on any atom is -0.449 e. The molecule has 41 heavy (non-hydrogen) atoms. The van der Waals surface area contributed by atoms with Gasteiger partial charge in [0.25, 0.3) is 11.5 Å². The van der Waals surface area contributed by atoms with Crippen molar-refractivity contribution in [3.8, 4) is 11.5 Å². The third-order valence-corrected chi connectivity index (χ3v) is 12.3. The number of nitrogens with zero attached hydrogens (tertiary/aromatic N) is 4. The van der Waals surface area contributed by atoms with Crippen LogP contribution in [0.1, 0.15) is 59.9 Å². The molecule has 1 aromatic carbocycles. The summed E-state index contributed by atoms with van der Waals surface area (Å²) in [5.74, 6) is -2.54. The molecule has 3 aromatic rings. The molecule has 1 unspecified atom stereocenters. The van der Waals surface area contributed by atoms with E-state index in [1.807, 2.05) is 13.8 Å². The molecule has 2 heterocycles. The van der Waals surface area contributed by atoms with Gasteiger partial charge in [-0.1, -0.05) is 53.5 Å². The Bertz CT molecular complexity index is 1360. The second kappa shape index (κ2) is 13.5. The highest BCUT2D eigenvalue weighted by atomic mass is 28.4. The number of aromatic nitrogens is 4. The molecule has 0 radical (unpaired) electrons. The molecule has 2 aromatic heterocycles. The molecule has 12 heteroatoms. The number of para-hydroxylation sites is 1. The summed E-state index contributed by atoms with van der Waals surface area (Å²) >= 11 is 0. The molecule has 0 aliphatic carbocycles. The van der Waals surface area contributed by atoms with Gasteiger partial charge in [0.05, 0.1) is 19.3 Å². The summed E-state index contributed by atoms with van der Waals surface area (Å²) in [5.41, 5.74) is -0.640. The number of hydrogen-bond acceptors (Lipinski definition) is 6. The number of amides is 1. The van der Waals surface area contributed by atoms with Gasteiger partial charge >= 0.3 is 0 Å². The van der Waals surface area contributed by atoms with Gasteiger partial charge in [-0.25, -0.2) is 13.5 Å². The second-order valence-electron chi connectivity index (χ2n) is 11.6. The maximum Gasteiger partial charge on any atom is 0.271 e. The van der Waals surface area contributed by atoms with Gasteiger partial charge in [-0.2, -0.15) is 10.2 Å². The van der Waals surface area contributed by atoms with Crippen LogP contribution in [0.2, 0.25) is 18.1 Å². The number of benzene rings is 1. The zero-order valence-corrected chi connectivity index (χ0v) is 25.9. The molecule has 3 rings (SSSR count). The van der Waals surface area contributed by atoms with Crippen LogP contribution in [-0.4, -0.2) is 40.4 Å². The summed E-state index contributed by atoms with van der Waals surface area (Å²) in [4.78, 5) is 26.5. The summed E-state index contributed by atoms with van der Waals surface area (Å²) in [7, 11) is -1.89. The fraction of sp³-hybridized carbons (Fsp3) is 0.517. The molecule has 0 aliphatic heterocycles. The van der Waals surface area contributed by atoms with Gasteiger partial charge in [0.2, 0.25) is 0 Å². The summed E-state index contributed by atoms with van der Waals surface area (Å²) < 4.78 is 42.3. The van der Waals surface area contributed by atoms with E-state index in [-0.39, 0.29) is 16.7 Å². The summed E-state index contributed by atoms with van der Waals surface area (Å²) in [6.07, 6.45) is 4.92. The monoisotopic (exact) mass is 589 g/mol. The zero-order valence-electron chi connectivity index (χ0n) is 24.9. The standard InChI is InChI=1S/C29H41F2N5O4Si/c1-8-20(9-2)17-24(36-26(37)18-21(19-32-36)40-27-22(30)11-10-12-23(27)31)28(38)33-25-13-14-35(34-25)15-16-39-41(6,7)29(3,4)5/h10-14,18-20,24H,8-9,15-17H2,1-7H3,(H,33,34,38). The van der Waals surface area contributed by atoms with E-state index in [1.165, 1.54) is 6.07 Å². The predicted molar refractivity (Wildman–Crippen MR) is 157 cm³/mol. The van der Waals surface area contributed by atoms with Crippen LogP contribution in [0, 0.1) is 17.6 Å². The minimum absolute atomic E-state index is 0.102. The Kier molecular flexibility index (Phi) is 10.6. The Morgan fingerprint density at radius 2 is 1.78 bits per heavy atom. The highest BCUT2D eigenvalue weighted by Crippen LogP contribution is 2.36. The van der Waals surface area contributed by atoms with Crippen molar-refractivity contribution in [3.05, 3.63) is 64.7 Å². The van der Waals surface area contributed by atoms with E-state index in [9.17, 15) is 18.4 Å². The number of carbonyl (C=O) groups is 1. The van der Waals surface area contributed by atoms with E-state index in [1.54, 1.807) is 16.9 Å². The van der Waals surface area contributed by atoms with Gasteiger partial charge in [0.15, 0.2) is 37.3 Å². The van der Waals surface area contributed by atoms with Crippen molar-refractivity contribution in [2.45, 2.75) is 84.6 Å². The van der Waals surface area contributed by atoms with Crippen LogP contribution in [0.25, 0.3) is 0 Å². The number of nitrogens with one attached hydrogen (secondary N) is 1. The van der Waals surface area contributed by atoms with Crippen molar-refractivity contribution < 1.29 is 22.7 Å². The Morgan fingerprint density at radius 3 is 2.37 bits per heavy atom. The topological polar surface area (TPSA) is 100 Å². The first-order valence-corrected chi connectivity index (χ1v) is 16.9. The molecule has 0 saturated carbocycles. The van der Waals surface area contributed by atoms with Crippen LogP contribution in [0.4, 0.5) is 14.6 Å². The average Bonchev–Trinajstić information content (AvgIpc) is 3.33. The second-order valence-corrected chi connectivity index (χ2v) is 16.4. The largest absolute Gasteiger partial charge is 0.449 e. The third-order valence-electron chi connectivity index (χ3n) is 7.73. The molecule has 0 bridgehead atoms. The Hall–Kier alpha value is -3.38. The maximum absolute atomic E-state index is 14.0. The van der Waals surface area contributed by atoms with Gasteiger partial charge < -0.3 is 14.5 Å². The fourth-order valence-electron chi connectivity index (χ4n) is 4.02. The van der Waals surface area contributed by atoms with Crippen molar-refractivity contribution >= 4 is 20.0 Å². The molecular formula is C29H41F2N5O4Si. The summed E-state index contributed by atoms with van der Waals surface area (Å²) in [6.45, 7) is 16.0. The maximum atomic E-state index is 14.0. The molecule has 0 aliphatic rings. The van der Waals surface area contributed by atoms with Crippen LogP contribution >= 0.6 is 0 Å². The van der Waals surface area contributed by atoms with Crippen molar-refractivity contribution in [3.63, 3.8) is 0 Å². The van der Waals surface area contributed by atoms with Crippen LogP contribution < -0.4 is 15.6 Å². The SMILES string of the molecule is CCC(CC)CC(C(=O)Nc1ccn(CCO[Si](C)(C)C(C)(C)C)n1)n1ncc(Oc2c(F)cccc2F)cc1=O. The van der Waals surface area contributed by atoms with E-state index in [0.717, 1.165) is 41.9 Å². The molecule has 0 spiro atoms.